The van der Waals surface area contributed by atoms with E-state index in [-0.39, 0.29) is 11.4 Å². The Morgan fingerprint density at radius 1 is 1.46 bits per heavy atom. The van der Waals surface area contributed by atoms with Gasteiger partial charge in [-0.3, -0.25) is 4.79 Å². The van der Waals surface area contributed by atoms with Crippen LogP contribution in [0, 0.1) is 5.92 Å². The van der Waals surface area contributed by atoms with Gasteiger partial charge in [0.1, 0.15) is 0 Å². The monoisotopic (exact) mass is 182 g/mol. The Bertz CT molecular complexity index is 221. The minimum absolute atomic E-state index is 0.0440. The molecule has 3 rings (SSSR count). The summed E-state index contributed by atoms with van der Waals surface area (Å²) < 4.78 is 0. The maximum absolute atomic E-state index is 11.1. The minimum atomic E-state index is 0.0440. The molecule has 3 aliphatic heterocycles. The number of hydrogen-bond donors (Lipinski definition) is 1. The highest BCUT2D eigenvalue weighted by atomic mass is 16.1. The SMILES string of the molecule is CC(=O)N[C@]1(C)CN2CCC1CC2. The summed E-state index contributed by atoms with van der Waals surface area (Å²) in [7, 11) is 0. The minimum Gasteiger partial charge on any atom is -0.350 e. The first kappa shape index (κ1) is 9.00. The van der Waals surface area contributed by atoms with Crippen LogP contribution in [-0.2, 0) is 4.79 Å². The Labute approximate surface area is 79.5 Å². The van der Waals surface area contributed by atoms with E-state index in [1.54, 1.807) is 6.92 Å². The number of nitrogens with one attached hydrogen (secondary N) is 1. The lowest BCUT2D eigenvalue weighted by atomic mass is 9.74. The smallest absolute Gasteiger partial charge is 0.217 e. The van der Waals surface area contributed by atoms with Gasteiger partial charge in [-0.15, -0.1) is 0 Å². The zero-order valence-electron chi connectivity index (χ0n) is 8.47. The Morgan fingerprint density at radius 2 is 2.08 bits per heavy atom. The number of rotatable bonds is 1. The zero-order chi connectivity index (χ0) is 9.47. The molecular formula is C10H18N2O. The van der Waals surface area contributed by atoms with Crippen LogP contribution in [-0.4, -0.2) is 36.0 Å². The Hall–Kier alpha value is -0.570. The number of carbonyl (C=O) groups excluding carboxylic acids is 1. The van der Waals surface area contributed by atoms with Gasteiger partial charge in [-0.2, -0.15) is 0 Å². The molecule has 0 aromatic carbocycles. The second-order valence-corrected chi connectivity index (χ2v) is 4.65. The molecule has 1 N–H and O–H groups in total. The summed E-state index contributed by atoms with van der Waals surface area (Å²) in [5, 5.41) is 3.11. The van der Waals surface area contributed by atoms with Crippen molar-refractivity contribution in [1.29, 1.82) is 0 Å². The number of hydrogen-bond acceptors (Lipinski definition) is 2. The molecule has 0 aliphatic carbocycles. The summed E-state index contributed by atoms with van der Waals surface area (Å²) in [6, 6.07) is 0. The van der Waals surface area contributed by atoms with Crippen LogP contribution in [0.15, 0.2) is 0 Å². The number of nitrogens with zero attached hydrogens (tertiary/aromatic N) is 1. The average molecular weight is 182 g/mol. The molecule has 3 heteroatoms. The van der Waals surface area contributed by atoms with Crippen molar-refractivity contribution in [3.63, 3.8) is 0 Å². The second kappa shape index (κ2) is 2.98. The van der Waals surface area contributed by atoms with E-state index in [4.69, 9.17) is 0 Å². The van der Waals surface area contributed by atoms with E-state index < -0.39 is 0 Å². The molecule has 3 aliphatic rings. The molecule has 0 aromatic heterocycles. The lowest BCUT2D eigenvalue weighted by Gasteiger charge is -2.51. The fraction of sp³-hybridized carbons (Fsp3) is 0.900. The average Bonchev–Trinajstić information content (AvgIpc) is 2.03. The van der Waals surface area contributed by atoms with Gasteiger partial charge in [0.05, 0.1) is 5.54 Å². The van der Waals surface area contributed by atoms with E-state index in [0.29, 0.717) is 5.92 Å². The predicted molar refractivity (Wildman–Crippen MR) is 51.4 cm³/mol. The van der Waals surface area contributed by atoms with Crippen LogP contribution in [0.25, 0.3) is 0 Å². The molecule has 0 unspecified atom stereocenters. The van der Waals surface area contributed by atoms with Gasteiger partial charge in [-0.1, -0.05) is 0 Å². The third-order valence-electron chi connectivity index (χ3n) is 3.50. The second-order valence-electron chi connectivity index (χ2n) is 4.65. The van der Waals surface area contributed by atoms with Gasteiger partial charge in [-0.25, -0.2) is 0 Å². The quantitative estimate of drug-likeness (QED) is 0.644. The molecule has 0 radical (unpaired) electrons. The molecule has 2 bridgehead atoms. The fourth-order valence-corrected chi connectivity index (χ4v) is 2.87. The van der Waals surface area contributed by atoms with Crippen LogP contribution < -0.4 is 5.32 Å². The zero-order valence-corrected chi connectivity index (χ0v) is 8.47. The summed E-state index contributed by atoms with van der Waals surface area (Å²) in [6.45, 7) is 7.28. The molecule has 0 spiro atoms. The van der Waals surface area contributed by atoms with Crippen molar-refractivity contribution < 1.29 is 4.79 Å². The summed E-state index contributed by atoms with van der Waals surface area (Å²) in [5.41, 5.74) is 0.0440. The molecule has 74 valence electrons. The highest BCUT2D eigenvalue weighted by Crippen LogP contribution is 2.35. The van der Waals surface area contributed by atoms with Crippen molar-refractivity contribution in [2.24, 2.45) is 5.92 Å². The third-order valence-corrected chi connectivity index (χ3v) is 3.50. The van der Waals surface area contributed by atoms with Gasteiger partial charge in [0.15, 0.2) is 0 Å². The maximum atomic E-state index is 11.1. The number of piperidine rings is 3. The molecule has 3 heterocycles. The summed E-state index contributed by atoms with van der Waals surface area (Å²) in [6.07, 6.45) is 2.49. The van der Waals surface area contributed by atoms with Gasteiger partial charge in [0.25, 0.3) is 0 Å². The summed E-state index contributed by atoms with van der Waals surface area (Å²) in [4.78, 5) is 13.5. The van der Waals surface area contributed by atoms with E-state index in [0.717, 1.165) is 6.54 Å². The first-order valence-corrected chi connectivity index (χ1v) is 5.11. The van der Waals surface area contributed by atoms with Crippen LogP contribution in [0.5, 0.6) is 0 Å². The van der Waals surface area contributed by atoms with Crippen LogP contribution in [0.1, 0.15) is 26.7 Å². The van der Waals surface area contributed by atoms with Crippen LogP contribution in [0.4, 0.5) is 0 Å². The first-order valence-electron chi connectivity index (χ1n) is 5.11. The molecule has 1 atom stereocenters. The Morgan fingerprint density at radius 3 is 2.46 bits per heavy atom. The molecule has 3 nitrogen and oxygen atoms in total. The number of carbonyl (C=O) groups is 1. The van der Waals surface area contributed by atoms with Gasteiger partial charge >= 0.3 is 0 Å². The largest absolute Gasteiger partial charge is 0.350 e. The fourth-order valence-electron chi connectivity index (χ4n) is 2.87. The normalized spacial score (nSPS) is 43.2. The topological polar surface area (TPSA) is 32.3 Å². The van der Waals surface area contributed by atoms with Crippen LogP contribution in [0.3, 0.4) is 0 Å². The first-order chi connectivity index (χ1) is 6.10. The third kappa shape index (κ3) is 1.57. The van der Waals surface area contributed by atoms with E-state index in [1.165, 1.54) is 25.9 Å². The van der Waals surface area contributed by atoms with Gasteiger partial charge in [0.2, 0.25) is 5.91 Å². The van der Waals surface area contributed by atoms with Gasteiger partial charge < -0.3 is 10.2 Å². The van der Waals surface area contributed by atoms with Crippen molar-refractivity contribution in [2.75, 3.05) is 19.6 Å². The maximum Gasteiger partial charge on any atom is 0.217 e. The van der Waals surface area contributed by atoms with Crippen LogP contribution in [0.2, 0.25) is 0 Å². The Kier molecular flexibility index (Phi) is 2.06. The molecule has 3 saturated heterocycles. The highest BCUT2D eigenvalue weighted by Gasteiger charge is 2.43. The summed E-state index contributed by atoms with van der Waals surface area (Å²) in [5.74, 6) is 0.803. The van der Waals surface area contributed by atoms with E-state index in [9.17, 15) is 4.79 Å². The molecule has 3 fully saturated rings. The van der Waals surface area contributed by atoms with Crippen molar-refractivity contribution in [2.45, 2.75) is 32.2 Å². The van der Waals surface area contributed by atoms with Crippen molar-refractivity contribution in [3.05, 3.63) is 0 Å². The van der Waals surface area contributed by atoms with Crippen molar-refractivity contribution >= 4 is 5.91 Å². The number of amides is 1. The molecular weight excluding hydrogens is 164 g/mol. The lowest BCUT2D eigenvalue weighted by molar-refractivity contribution is -0.123. The molecule has 0 aromatic rings. The standard InChI is InChI=1S/C10H18N2O/c1-8(13)11-10(2)7-12-5-3-9(10)4-6-12/h9H,3-7H2,1-2H3,(H,11,13)/t10-/m1/s1. The molecule has 1 amide bonds. The van der Waals surface area contributed by atoms with Crippen LogP contribution >= 0.6 is 0 Å². The van der Waals surface area contributed by atoms with Crippen molar-refractivity contribution in [3.8, 4) is 0 Å². The molecule has 13 heavy (non-hydrogen) atoms. The van der Waals surface area contributed by atoms with Gasteiger partial charge in [0, 0.05) is 13.5 Å². The van der Waals surface area contributed by atoms with E-state index >= 15 is 0 Å². The van der Waals surface area contributed by atoms with E-state index in [2.05, 4.69) is 17.1 Å². The van der Waals surface area contributed by atoms with Gasteiger partial charge in [-0.05, 0) is 38.8 Å². The van der Waals surface area contributed by atoms with E-state index in [1.807, 2.05) is 0 Å². The summed E-state index contributed by atoms with van der Waals surface area (Å²) >= 11 is 0. The highest BCUT2D eigenvalue weighted by molar-refractivity contribution is 5.73. The lowest BCUT2D eigenvalue weighted by Crippen LogP contribution is -2.65. The number of fused-ring (bicyclic) bond motifs is 3. The predicted octanol–water partition coefficient (Wildman–Crippen LogP) is 0.607. The van der Waals surface area contributed by atoms with Crippen molar-refractivity contribution in [1.82, 2.24) is 10.2 Å². The molecule has 0 saturated carbocycles. The Balaban J connectivity index is 2.09.